The van der Waals surface area contributed by atoms with E-state index in [4.69, 9.17) is 14.9 Å². The second kappa shape index (κ2) is 4.99. The first-order valence-electron chi connectivity index (χ1n) is 4.41. The number of rotatable bonds is 5. The molecule has 1 atom stereocenters. The number of hydrogen-bond acceptors (Lipinski definition) is 4. The molecule has 0 radical (unpaired) electrons. The molecule has 0 bridgehead atoms. The van der Waals surface area contributed by atoms with Gasteiger partial charge in [-0.2, -0.15) is 0 Å². The molecule has 0 aliphatic rings. The van der Waals surface area contributed by atoms with Gasteiger partial charge in [0.2, 0.25) is 0 Å². The monoisotopic (exact) mass is 184 g/mol. The summed E-state index contributed by atoms with van der Waals surface area (Å²) in [5, 5.41) is 0. The number of hydrogen-bond donors (Lipinski definition) is 1. The van der Waals surface area contributed by atoms with Crippen LogP contribution in [-0.2, 0) is 11.2 Å². The molecule has 1 rings (SSSR count). The Hall–Kier alpha value is -0.870. The summed E-state index contributed by atoms with van der Waals surface area (Å²) < 4.78 is 10.2. The normalized spacial score (nSPS) is 13.2. The molecule has 0 saturated heterocycles. The van der Waals surface area contributed by atoms with Crippen LogP contribution in [0.3, 0.4) is 0 Å². The quantitative estimate of drug-likeness (QED) is 0.739. The average molecular weight is 184 g/mol. The Morgan fingerprint density at radius 2 is 2.46 bits per heavy atom. The fourth-order valence-electron chi connectivity index (χ4n) is 0.976. The Morgan fingerprint density at radius 3 is 3.08 bits per heavy atom. The van der Waals surface area contributed by atoms with Crippen LogP contribution in [0.2, 0.25) is 0 Å². The van der Waals surface area contributed by atoms with Crippen LogP contribution in [0.15, 0.2) is 10.7 Å². The molecule has 0 aliphatic carbocycles. The third kappa shape index (κ3) is 2.82. The van der Waals surface area contributed by atoms with Crippen molar-refractivity contribution < 1.29 is 9.15 Å². The Balaban J connectivity index is 2.53. The highest BCUT2D eigenvalue weighted by Crippen LogP contribution is 2.13. The highest BCUT2D eigenvalue weighted by Gasteiger charge is 2.09. The minimum absolute atomic E-state index is 0.264. The Morgan fingerprint density at radius 1 is 1.69 bits per heavy atom. The molecule has 0 fully saturated rings. The molecule has 0 amide bonds. The van der Waals surface area contributed by atoms with Crippen molar-refractivity contribution in [3.05, 3.63) is 17.8 Å². The number of nitrogens with zero attached hydrogens (tertiary/aromatic N) is 1. The zero-order valence-corrected chi connectivity index (χ0v) is 8.12. The van der Waals surface area contributed by atoms with Gasteiger partial charge in [0.15, 0.2) is 5.89 Å². The van der Waals surface area contributed by atoms with E-state index < -0.39 is 0 Å². The molecule has 0 spiro atoms. The van der Waals surface area contributed by atoms with E-state index in [2.05, 4.69) is 4.98 Å². The zero-order valence-electron chi connectivity index (χ0n) is 8.12. The number of oxazole rings is 1. The van der Waals surface area contributed by atoms with Crippen molar-refractivity contribution >= 4 is 0 Å². The lowest BCUT2D eigenvalue weighted by molar-refractivity contribution is 0.195. The Kier molecular flexibility index (Phi) is 3.92. The first-order chi connectivity index (χ1) is 6.27. The van der Waals surface area contributed by atoms with Crippen LogP contribution in [0.5, 0.6) is 0 Å². The molecule has 0 aromatic carbocycles. The van der Waals surface area contributed by atoms with Crippen LogP contribution in [0.4, 0.5) is 0 Å². The van der Waals surface area contributed by atoms with Gasteiger partial charge < -0.3 is 14.9 Å². The van der Waals surface area contributed by atoms with E-state index in [9.17, 15) is 0 Å². The van der Waals surface area contributed by atoms with E-state index >= 15 is 0 Å². The van der Waals surface area contributed by atoms with Crippen molar-refractivity contribution in [2.24, 2.45) is 5.73 Å². The van der Waals surface area contributed by atoms with Gasteiger partial charge in [-0.3, -0.25) is 0 Å². The maximum Gasteiger partial charge on any atom is 0.196 e. The lowest BCUT2D eigenvalue weighted by Crippen LogP contribution is -2.09. The lowest BCUT2D eigenvalue weighted by Gasteiger charge is -2.00. The molecule has 2 N–H and O–H groups in total. The predicted molar refractivity (Wildman–Crippen MR) is 49.6 cm³/mol. The van der Waals surface area contributed by atoms with Gasteiger partial charge in [0.05, 0.1) is 12.3 Å². The van der Waals surface area contributed by atoms with E-state index in [1.54, 1.807) is 13.4 Å². The number of ether oxygens (including phenoxy) is 1. The minimum Gasteiger partial charge on any atom is -0.449 e. The van der Waals surface area contributed by atoms with E-state index in [1.807, 2.05) is 6.92 Å². The molecule has 1 aromatic rings. The fourth-order valence-corrected chi connectivity index (χ4v) is 0.976. The van der Waals surface area contributed by atoms with Gasteiger partial charge in [-0.05, 0) is 0 Å². The number of methoxy groups -OCH3 is 1. The second-order valence-corrected chi connectivity index (χ2v) is 3.05. The van der Waals surface area contributed by atoms with Gasteiger partial charge in [0, 0.05) is 26.0 Å². The minimum atomic E-state index is 0.264. The number of aromatic nitrogens is 1. The summed E-state index contributed by atoms with van der Waals surface area (Å²) in [6.45, 7) is 3.26. The molecule has 1 unspecified atom stereocenters. The van der Waals surface area contributed by atoms with Crippen LogP contribution < -0.4 is 5.73 Å². The van der Waals surface area contributed by atoms with Gasteiger partial charge in [-0.15, -0.1) is 0 Å². The highest BCUT2D eigenvalue weighted by atomic mass is 16.5. The van der Waals surface area contributed by atoms with Crippen molar-refractivity contribution in [3.8, 4) is 0 Å². The van der Waals surface area contributed by atoms with Crippen LogP contribution in [0.1, 0.15) is 24.4 Å². The summed E-state index contributed by atoms with van der Waals surface area (Å²) in [5.41, 5.74) is 6.43. The smallest absolute Gasteiger partial charge is 0.196 e. The fraction of sp³-hybridized carbons (Fsp3) is 0.667. The standard InChI is InChI=1S/C9H16N2O2/c1-7(5-10)8-6-13-9(11-8)3-4-12-2/h6-7H,3-5,10H2,1-2H3. The maximum atomic E-state index is 5.51. The largest absolute Gasteiger partial charge is 0.449 e. The van der Waals surface area contributed by atoms with E-state index in [0.717, 1.165) is 11.6 Å². The molecule has 0 saturated carbocycles. The van der Waals surface area contributed by atoms with Gasteiger partial charge in [-0.25, -0.2) is 4.98 Å². The third-order valence-electron chi connectivity index (χ3n) is 1.95. The van der Waals surface area contributed by atoms with Crippen LogP contribution in [0.25, 0.3) is 0 Å². The molecule has 4 heteroatoms. The van der Waals surface area contributed by atoms with Crippen molar-refractivity contribution in [1.29, 1.82) is 0 Å². The summed E-state index contributed by atoms with van der Waals surface area (Å²) in [4.78, 5) is 4.29. The van der Waals surface area contributed by atoms with Crippen molar-refractivity contribution in [3.63, 3.8) is 0 Å². The van der Waals surface area contributed by atoms with Gasteiger partial charge in [0.25, 0.3) is 0 Å². The first-order valence-corrected chi connectivity index (χ1v) is 4.41. The topological polar surface area (TPSA) is 61.3 Å². The molecule has 74 valence electrons. The predicted octanol–water partition coefficient (Wildman–Crippen LogP) is 0.926. The lowest BCUT2D eigenvalue weighted by atomic mass is 10.1. The maximum absolute atomic E-state index is 5.51. The van der Waals surface area contributed by atoms with E-state index in [1.165, 1.54) is 0 Å². The average Bonchev–Trinajstić information content (AvgIpc) is 2.62. The van der Waals surface area contributed by atoms with Gasteiger partial charge in [0.1, 0.15) is 6.26 Å². The molecule has 0 aliphatic heterocycles. The van der Waals surface area contributed by atoms with E-state index in [0.29, 0.717) is 19.6 Å². The third-order valence-corrected chi connectivity index (χ3v) is 1.95. The molecule has 1 aromatic heterocycles. The van der Waals surface area contributed by atoms with E-state index in [-0.39, 0.29) is 5.92 Å². The molecular weight excluding hydrogens is 168 g/mol. The second-order valence-electron chi connectivity index (χ2n) is 3.05. The Labute approximate surface area is 78.1 Å². The Bertz CT molecular complexity index is 248. The van der Waals surface area contributed by atoms with Crippen molar-refractivity contribution in [2.75, 3.05) is 20.3 Å². The molecule has 1 heterocycles. The number of nitrogens with two attached hydrogens (primary N) is 1. The van der Waals surface area contributed by atoms with Crippen LogP contribution >= 0.6 is 0 Å². The summed E-state index contributed by atoms with van der Waals surface area (Å²) in [6, 6.07) is 0. The summed E-state index contributed by atoms with van der Waals surface area (Å²) in [5.74, 6) is 0.984. The summed E-state index contributed by atoms with van der Waals surface area (Å²) in [7, 11) is 1.66. The molecule has 13 heavy (non-hydrogen) atoms. The van der Waals surface area contributed by atoms with Crippen molar-refractivity contribution in [2.45, 2.75) is 19.3 Å². The van der Waals surface area contributed by atoms with Crippen LogP contribution in [0, 0.1) is 0 Å². The molecular formula is C9H16N2O2. The van der Waals surface area contributed by atoms with Gasteiger partial charge >= 0.3 is 0 Å². The molecule has 4 nitrogen and oxygen atoms in total. The zero-order chi connectivity index (χ0) is 9.68. The SMILES string of the molecule is COCCc1nc(C(C)CN)co1. The summed E-state index contributed by atoms with van der Waals surface area (Å²) in [6.07, 6.45) is 2.39. The van der Waals surface area contributed by atoms with Gasteiger partial charge in [-0.1, -0.05) is 6.92 Å². The van der Waals surface area contributed by atoms with Crippen LogP contribution in [-0.4, -0.2) is 25.2 Å². The first kappa shape index (κ1) is 10.2. The van der Waals surface area contributed by atoms with Crippen molar-refractivity contribution in [1.82, 2.24) is 4.98 Å². The summed E-state index contributed by atoms with van der Waals surface area (Å²) >= 11 is 0. The highest BCUT2D eigenvalue weighted by molar-refractivity contribution is 5.03.